The van der Waals surface area contributed by atoms with E-state index in [-0.39, 0.29) is 12.3 Å². The van der Waals surface area contributed by atoms with Gasteiger partial charge in [-0.25, -0.2) is 0 Å². The molecular formula is C84H152N2O36. The van der Waals surface area contributed by atoms with Gasteiger partial charge in [-0.2, -0.15) is 0 Å². The molecule has 37 atom stereocenters. The molecule has 0 aromatic carbocycles. The summed E-state index contributed by atoms with van der Waals surface area (Å²) in [4.78, 5) is 27.4. The van der Waals surface area contributed by atoms with Crippen molar-refractivity contribution in [2.45, 2.75) is 467 Å². The van der Waals surface area contributed by atoms with E-state index in [1.807, 2.05) is 6.08 Å². The summed E-state index contributed by atoms with van der Waals surface area (Å²) in [6.45, 7) is 2.10. The Kier molecular flexibility index (Phi) is 48.9. The van der Waals surface area contributed by atoms with Crippen LogP contribution in [-0.4, -0.2) is 381 Å². The van der Waals surface area contributed by atoms with Crippen LogP contribution >= 0.6 is 0 Å². The number of hydrogen-bond acceptors (Lipinski definition) is 36. The molecule has 0 aromatic heterocycles. The third-order valence-electron chi connectivity index (χ3n) is 24.4. The van der Waals surface area contributed by atoms with Crippen LogP contribution in [-0.2, 0) is 75.9 Å². The minimum absolute atomic E-state index is 0.151. The number of aliphatic hydroxyl groups is 20. The summed E-state index contributed by atoms with van der Waals surface area (Å²) in [6, 6.07) is -3.14. The van der Waals surface area contributed by atoms with Crippen LogP contribution in [0, 0.1) is 0 Å². The van der Waals surface area contributed by atoms with Crippen molar-refractivity contribution in [3.63, 3.8) is 0 Å². The fourth-order valence-electron chi connectivity index (χ4n) is 16.7. The van der Waals surface area contributed by atoms with Gasteiger partial charge in [0.2, 0.25) is 11.8 Å². The largest absolute Gasteiger partial charge is 0.394 e. The SMILES string of the molecule is CCCCCCCCCCCCC/C=C/[C@@H](O)[C@H](CO[C@@H]1OC(CO)[C@@H](O[C@@H]2OC(CO)[C@H](O)[C@H](O[C@@H]3OC(CO)[C@@H](O[C@H]4OC(C)[C@@H](O)C(O)[C@@H]4O)[C@H](O[C@@H]4OC(CO)[C@H](O)[C@H](O[C@H]5OC(CO)[C@H](O)[C@H](O)C5O)C4O[C@H]4OC(C)[C@@H](O)C(O)[C@@H]4O)C3NC(C)=O)C2O)[C@H](O)C1O)NC(=O)CCCCCCCCCCCCCCCCCCCCC. The molecule has 122 heavy (non-hydrogen) atoms. The topological polar surface area (TPSA) is 592 Å². The average Bonchev–Trinajstić information content (AvgIpc) is 0.753. The molecule has 0 spiro atoms. The zero-order chi connectivity index (χ0) is 89.1. The molecule has 0 aliphatic carbocycles. The number of ether oxygens (including phenoxy) is 14. The van der Waals surface area contributed by atoms with Crippen molar-refractivity contribution in [2.75, 3.05) is 39.6 Å². The van der Waals surface area contributed by atoms with Crippen molar-refractivity contribution in [2.24, 2.45) is 0 Å². The molecule has 14 unspecified atom stereocenters. The Morgan fingerprint density at radius 1 is 0.336 bits per heavy atom. The number of carbonyl (C=O) groups excluding carboxylic acids is 2. The number of unbranched alkanes of at least 4 members (excludes halogenated alkanes) is 29. The molecule has 7 saturated heterocycles. The number of carbonyl (C=O) groups is 2. The van der Waals surface area contributed by atoms with Crippen LogP contribution < -0.4 is 10.6 Å². The lowest BCUT2D eigenvalue weighted by Gasteiger charge is -2.53. The van der Waals surface area contributed by atoms with Crippen LogP contribution in [0.3, 0.4) is 0 Å². The first-order chi connectivity index (χ1) is 58.6. The van der Waals surface area contributed by atoms with E-state index in [9.17, 15) is 112 Å². The highest BCUT2D eigenvalue weighted by Gasteiger charge is 2.61. The second-order valence-electron chi connectivity index (χ2n) is 34.1. The van der Waals surface area contributed by atoms with E-state index >= 15 is 0 Å². The molecule has 0 saturated carbocycles. The molecule has 0 aromatic rings. The summed E-state index contributed by atoms with van der Waals surface area (Å²) >= 11 is 0. The van der Waals surface area contributed by atoms with Gasteiger partial charge in [-0.1, -0.05) is 206 Å². The Hall–Kier alpha value is -2.68. The lowest BCUT2D eigenvalue weighted by Crippen LogP contribution is -2.72. The monoisotopic (exact) mass is 1770 g/mol. The van der Waals surface area contributed by atoms with Crippen LogP contribution in [0.25, 0.3) is 0 Å². The highest BCUT2D eigenvalue weighted by molar-refractivity contribution is 5.76. The summed E-state index contributed by atoms with van der Waals surface area (Å²) in [5.41, 5.74) is 0. The van der Waals surface area contributed by atoms with Crippen molar-refractivity contribution >= 4 is 11.8 Å². The number of hydrogen-bond donors (Lipinski definition) is 22. The van der Waals surface area contributed by atoms with Crippen molar-refractivity contribution in [1.29, 1.82) is 0 Å². The van der Waals surface area contributed by atoms with E-state index in [0.29, 0.717) is 12.8 Å². The van der Waals surface area contributed by atoms with E-state index in [4.69, 9.17) is 66.3 Å². The maximum atomic E-state index is 13.7. The van der Waals surface area contributed by atoms with E-state index in [1.165, 1.54) is 149 Å². The minimum Gasteiger partial charge on any atom is -0.394 e. The molecule has 0 radical (unpaired) electrons. The maximum absolute atomic E-state index is 13.7. The van der Waals surface area contributed by atoms with Gasteiger partial charge in [0.05, 0.1) is 64.0 Å². The second kappa shape index (κ2) is 56.1. The van der Waals surface area contributed by atoms with E-state index < -0.39 is 273 Å². The van der Waals surface area contributed by atoms with Gasteiger partial charge < -0.3 is 179 Å². The standard InChI is InChI=1S/C84H152N2O36/c1-6-8-10-12-14-16-18-20-21-22-23-24-25-27-29-31-33-35-37-39-56(94)86-49(50(93)38-36-34-32-30-28-26-19-17-15-13-11-9-7-2)45-109-79-70(107)66(103)72(54(43-90)116-79)117-83-71(108)75(61(98)52(41-88)113-83)120-78-57(85-48(5)92)74(73(55(44-91)115-78)118-80-67(104)63(100)58(95)46(3)110-80)119-84-77(122-81-68(105)64(101)59(96)47(4)111-81)76(62(99)53(42-89)114-84)121-82-69(106)65(102)60(97)51(40-87)112-82/h36,38,46-47,49-55,57-84,87-91,93,95-108H,6-35,37,39-45H2,1-5H3,(H,85,92)(H,86,94)/b38-36+/t46?,47?,49-,50+,51?,52?,53?,54?,55?,57?,58+,59+,60-,61-,62-,63?,64?,65-,66+,67-,68-,69?,70?,71?,72+,73+,74+,75-,76-,77?,78-,79+,80+,81+,82+,83-,84-/m0/s1. The predicted octanol–water partition coefficient (Wildman–Crippen LogP) is -1.13. The lowest BCUT2D eigenvalue weighted by molar-refractivity contribution is -0.411. The summed E-state index contributed by atoms with van der Waals surface area (Å²) in [5.74, 6) is -1.34. The molecule has 7 aliphatic rings. The van der Waals surface area contributed by atoms with Gasteiger partial charge in [0.15, 0.2) is 44.0 Å². The van der Waals surface area contributed by atoms with Crippen molar-refractivity contribution in [3.05, 3.63) is 12.2 Å². The van der Waals surface area contributed by atoms with Gasteiger partial charge >= 0.3 is 0 Å². The molecule has 38 heteroatoms. The Bertz CT molecular complexity index is 2840. The molecule has 7 rings (SSSR count). The predicted molar refractivity (Wildman–Crippen MR) is 430 cm³/mol. The van der Waals surface area contributed by atoms with Crippen molar-refractivity contribution in [3.8, 4) is 0 Å². The molecule has 2 amide bonds. The van der Waals surface area contributed by atoms with Crippen molar-refractivity contribution in [1.82, 2.24) is 10.6 Å². The van der Waals surface area contributed by atoms with Crippen LogP contribution in [0.15, 0.2) is 12.2 Å². The van der Waals surface area contributed by atoms with E-state index in [1.54, 1.807) is 6.08 Å². The zero-order valence-corrected chi connectivity index (χ0v) is 71.9. The van der Waals surface area contributed by atoms with E-state index in [0.717, 1.165) is 58.3 Å². The molecule has 22 N–H and O–H groups in total. The maximum Gasteiger partial charge on any atom is 0.220 e. The van der Waals surface area contributed by atoms with Gasteiger partial charge in [-0.3, -0.25) is 9.59 Å². The first-order valence-electron chi connectivity index (χ1n) is 45.2. The smallest absolute Gasteiger partial charge is 0.220 e. The van der Waals surface area contributed by atoms with Crippen LogP contribution in [0.2, 0.25) is 0 Å². The Labute approximate surface area is 716 Å². The number of rotatable bonds is 56. The van der Waals surface area contributed by atoms with Gasteiger partial charge in [0, 0.05) is 13.3 Å². The third-order valence-corrected chi connectivity index (χ3v) is 24.4. The quantitative estimate of drug-likeness (QED) is 0.0253. The fourth-order valence-corrected chi connectivity index (χ4v) is 16.7. The number of aliphatic hydroxyl groups excluding tert-OH is 20. The highest BCUT2D eigenvalue weighted by atomic mass is 16.8. The first-order valence-corrected chi connectivity index (χ1v) is 45.2. The molecule has 0 bridgehead atoms. The summed E-state index contributed by atoms with van der Waals surface area (Å²) in [5, 5.41) is 231. The zero-order valence-electron chi connectivity index (χ0n) is 71.9. The fraction of sp³-hybridized carbons (Fsp3) is 0.952. The van der Waals surface area contributed by atoms with Gasteiger partial charge in [0.1, 0.15) is 159 Å². The Balaban J connectivity index is 1.08. The normalized spacial score (nSPS) is 39.0. The molecule has 7 fully saturated rings. The molecule has 714 valence electrons. The Morgan fingerprint density at radius 3 is 1.15 bits per heavy atom. The summed E-state index contributed by atoms with van der Waals surface area (Å²) in [6.07, 6.45) is -29.5. The number of nitrogens with one attached hydrogen (secondary N) is 2. The van der Waals surface area contributed by atoms with Gasteiger partial charge in [-0.15, -0.1) is 0 Å². The average molecular weight is 1770 g/mol. The lowest BCUT2D eigenvalue weighted by atomic mass is 9.93. The minimum atomic E-state index is -2.33. The van der Waals surface area contributed by atoms with Crippen LogP contribution in [0.4, 0.5) is 0 Å². The van der Waals surface area contributed by atoms with E-state index in [2.05, 4.69) is 24.5 Å². The van der Waals surface area contributed by atoms with Gasteiger partial charge in [-0.05, 0) is 33.1 Å². The molecular weight excluding hydrogens is 1610 g/mol. The van der Waals surface area contributed by atoms with Crippen molar-refractivity contribution < 1.29 is 178 Å². The first kappa shape index (κ1) is 106. The number of allylic oxidation sites excluding steroid dienone is 1. The van der Waals surface area contributed by atoms with Crippen LogP contribution in [0.5, 0.6) is 0 Å². The molecule has 38 nitrogen and oxygen atoms in total. The molecule has 7 heterocycles. The summed E-state index contributed by atoms with van der Waals surface area (Å²) in [7, 11) is 0. The van der Waals surface area contributed by atoms with Crippen LogP contribution in [0.1, 0.15) is 240 Å². The Morgan fingerprint density at radius 2 is 0.680 bits per heavy atom. The second-order valence-corrected chi connectivity index (χ2v) is 34.1. The highest BCUT2D eigenvalue weighted by Crippen LogP contribution is 2.41. The van der Waals surface area contributed by atoms with Gasteiger partial charge in [0.25, 0.3) is 0 Å². The third kappa shape index (κ3) is 31.5. The number of amides is 2. The summed E-state index contributed by atoms with van der Waals surface area (Å²) < 4.78 is 85.5. The molecule has 7 aliphatic heterocycles.